The number of esters is 2. The number of hydrogen-bond donors (Lipinski definition) is 0. The number of halogens is 1. The van der Waals surface area contributed by atoms with Gasteiger partial charge in [0.15, 0.2) is 0 Å². The summed E-state index contributed by atoms with van der Waals surface area (Å²) in [5.74, 6) is -0.632. The van der Waals surface area contributed by atoms with Crippen LogP contribution < -0.4 is 4.98 Å². The summed E-state index contributed by atoms with van der Waals surface area (Å²) in [5.41, 5.74) is 0. The molecule has 0 saturated carbocycles. The number of hydrogen-bond acceptors (Lipinski definition) is 8. The highest BCUT2D eigenvalue weighted by molar-refractivity contribution is 7.86. The van der Waals surface area contributed by atoms with Gasteiger partial charge in [-0.1, -0.05) is 17.0 Å². The number of carbonyl (C=O) groups is 2. The molecule has 0 aromatic carbocycles. The number of ether oxygens (including phenoxy) is 2. The van der Waals surface area contributed by atoms with Gasteiger partial charge in [0.05, 0.1) is 54.5 Å². The lowest BCUT2D eigenvalue weighted by Gasteiger charge is -2.28. The summed E-state index contributed by atoms with van der Waals surface area (Å²) in [5, 5.41) is 5.30. The lowest BCUT2D eigenvalue weighted by molar-refractivity contribution is -0.867. The Labute approximate surface area is 200 Å². The smallest absolute Gasteiger partial charge is 0.337 e. The first-order chi connectivity index (χ1) is 15.6. The molecule has 1 aromatic heterocycles. The van der Waals surface area contributed by atoms with Gasteiger partial charge in [-0.2, -0.15) is 8.42 Å². The van der Waals surface area contributed by atoms with Gasteiger partial charge in [0.2, 0.25) is 0 Å². The number of aryl methyl sites for hydroxylation is 1. The Bertz CT molecular complexity index is 915. The fourth-order valence-corrected chi connectivity index (χ4v) is 2.70. The highest BCUT2D eigenvalue weighted by Gasteiger charge is 2.17. The summed E-state index contributed by atoms with van der Waals surface area (Å²) in [6.45, 7) is 10.7. The molecule has 0 amide bonds. The van der Waals surface area contributed by atoms with Crippen LogP contribution in [0.4, 0.5) is 3.89 Å². The molecule has 1 aromatic rings. The highest BCUT2D eigenvalue weighted by atomic mass is 32.3. The molecule has 0 aliphatic carbocycles. The second kappa shape index (κ2) is 14.4. The number of carbonyl (C=O) groups excluding carboxylic acids is 2. The van der Waals surface area contributed by atoms with Crippen molar-refractivity contribution in [2.24, 2.45) is 0 Å². The highest BCUT2D eigenvalue weighted by Crippen LogP contribution is 2.07. The van der Waals surface area contributed by atoms with Gasteiger partial charge in [0.25, 0.3) is 0 Å². The van der Waals surface area contributed by atoms with Crippen LogP contribution in [0.1, 0.15) is 18.7 Å². The Morgan fingerprint density at radius 1 is 0.941 bits per heavy atom. The van der Waals surface area contributed by atoms with Gasteiger partial charge >= 0.3 is 22.2 Å². The van der Waals surface area contributed by atoms with Crippen LogP contribution in [0.25, 0.3) is 0 Å². The second-order valence-corrected chi connectivity index (χ2v) is 9.57. The topological polar surface area (TPSA) is 127 Å². The first-order valence-corrected chi connectivity index (χ1v) is 11.7. The minimum atomic E-state index is -4.77. The maximum absolute atomic E-state index is 11.9. The summed E-state index contributed by atoms with van der Waals surface area (Å²) in [6, 6.07) is 0. The van der Waals surface area contributed by atoms with Gasteiger partial charge in [0.1, 0.15) is 17.6 Å². The summed E-state index contributed by atoms with van der Waals surface area (Å²) in [6.07, 6.45) is 8.17. The maximum atomic E-state index is 11.9. The maximum Gasteiger partial charge on any atom is 0.337 e. The van der Waals surface area contributed by atoms with Crippen LogP contribution in [0, 0.1) is 6.92 Å². The van der Waals surface area contributed by atoms with E-state index in [0.29, 0.717) is 22.2 Å². The average molecular weight is 505 g/mol. The van der Waals surface area contributed by atoms with E-state index >= 15 is 0 Å². The van der Waals surface area contributed by atoms with Crippen molar-refractivity contribution < 1.29 is 40.3 Å². The van der Waals surface area contributed by atoms with Crippen molar-refractivity contribution in [3.8, 4) is 0 Å². The van der Waals surface area contributed by atoms with Crippen molar-refractivity contribution >= 4 is 22.2 Å². The molecule has 0 bridgehead atoms. The fourth-order valence-electron chi connectivity index (χ4n) is 2.32. The van der Waals surface area contributed by atoms with E-state index < -0.39 is 15.4 Å². The molecule has 11 nitrogen and oxygen atoms in total. The van der Waals surface area contributed by atoms with E-state index in [9.17, 15) is 21.9 Å². The largest absolute Gasteiger partial charge is 0.462 e. The zero-order chi connectivity index (χ0) is 26.4. The lowest BCUT2D eigenvalue weighted by atomic mass is 10.3. The van der Waals surface area contributed by atoms with Crippen LogP contribution in [0.15, 0.2) is 42.9 Å². The van der Waals surface area contributed by atoms with Gasteiger partial charge < -0.3 is 24.7 Å². The quantitative estimate of drug-likeness (QED) is 0.128. The molecule has 1 rings (SSSR count). The van der Waals surface area contributed by atoms with Crippen LogP contribution in [0.5, 0.6) is 0 Å². The number of aromatic nitrogens is 3. The van der Waals surface area contributed by atoms with Crippen LogP contribution in [-0.4, -0.2) is 94.0 Å². The first-order valence-electron chi connectivity index (χ1n) is 10.3. The Hall–Kier alpha value is -2.90. The van der Waals surface area contributed by atoms with Gasteiger partial charge in [-0.3, -0.25) is 8.97 Å². The van der Waals surface area contributed by atoms with Crippen molar-refractivity contribution in [1.29, 1.82) is 0 Å². The van der Waals surface area contributed by atoms with Gasteiger partial charge in [-0.05, 0) is 12.7 Å². The molecule has 0 aliphatic rings. The van der Waals surface area contributed by atoms with Crippen molar-refractivity contribution in [3.63, 3.8) is 0 Å². The van der Waals surface area contributed by atoms with Crippen molar-refractivity contribution in [1.82, 2.24) is 15.2 Å². The Balaban J connectivity index is 0.000000896. The molecule has 0 radical (unpaired) electrons. The fraction of sp³-hybridized carbons (Fsp3) is 0.524. The standard InChI is InChI=1S/C18H32N2O4.C3H3FN3O2S/c1-7-17(21)23-15-9-11-19(3,4)13-14-20(5,6)12-10-16-24-18(22)8-2;1-2-5-3(7-6-2)10(4,8)9/h7-8,13-14H,1-2,9-12,15-16H2,3-6H3;1H3/q+2;-1/b14-13-;. The number of nitrogens with zero attached hydrogens (tertiary/aromatic N) is 5. The van der Waals surface area contributed by atoms with Crippen LogP contribution >= 0.6 is 0 Å². The Kier molecular flexibility index (Phi) is 13.2. The molecular weight excluding hydrogens is 469 g/mol. The zero-order valence-electron chi connectivity index (χ0n) is 20.4. The van der Waals surface area contributed by atoms with E-state index in [-0.39, 0.29) is 17.8 Å². The van der Waals surface area contributed by atoms with E-state index in [2.05, 4.69) is 68.9 Å². The molecule has 0 spiro atoms. The zero-order valence-corrected chi connectivity index (χ0v) is 21.3. The van der Waals surface area contributed by atoms with E-state index in [1.165, 1.54) is 19.1 Å². The minimum absolute atomic E-state index is 0.135. The molecule has 0 N–H and O–H groups in total. The molecule has 0 fully saturated rings. The predicted octanol–water partition coefficient (Wildman–Crippen LogP) is 1.25. The monoisotopic (exact) mass is 504 g/mol. The molecule has 34 heavy (non-hydrogen) atoms. The third-order valence-corrected chi connectivity index (χ3v) is 4.82. The van der Waals surface area contributed by atoms with Crippen LogP contribution in [0.2, 0.25) is 0 Å². The Morgan fingerprint density at radius 3 is 1.62 bits per heavy atom. The van der Waals surface area contributed by atoms with Crippen LogP contribution in [0.3, 0.4) is 0 Å². The molecule has 0 saturated heterocycles. The van der Waals surface area contributed by atoms with Crippen molar-refractivity contribution in [2.75, 3.05) is 54.5 Å². The summed E-state index contributed by atoms with van der Waals surface area (Å²) in [7, 11) is 3.61. The lowest BCUT2D eigenvalue weighted by Crippen LogP contribution is -2.39. The van der Waals surface area contributed by atoms with E-state index in [0.717, 1.165) is 25.9 Å². The van der Waals surface area contributed by atoms with E-state index in [1.807, 2.05) is 0 Å². The average Bonchev–Trinajstić information content (AvgIpc) is 3.20. The van der Waals surface area contributed by atoms with Gasteiger partial charge in [-0.15, -0.1) is 0 Å². The van der Waals surface area contributed by atoms with Crippen LogP contribution in [-0.2, 0) is 29.3 Å². The third-order valence-electron chi connectivity index (χ3n) is 4.21. The third kappa shape index (κ3) is 15.0. The van der Waals surface area contributed by atoms with Crippen molar-refractivity contribution in [2.45, 2.75) is 24.9 Å². The minimum Gasteiger partial charge on any atom is -0.462 e. The molecule has 0 atom stereocenters. The predicted molar refractivity (Wildman–Crippen MR) is 123 cm³/mol. The molecular formula is C21H35FN5O6S+. The second-order valence-electron chi connectivity index (χ2n) is 8.33. The van der Waals surface area contributed by atoms with E-state index in [4.69, 9.17) is 9.47 Å². The summed E-state index contributed by atoms with van der Waals surface area (Å²) in [4.78, 5) is 25.2. The molecule has 192 valence electrons. The molecule has 0 aliphatic heterocycles. The Morgan fingerprint density at radius 2 is 1.35 bits per heavy atom. The number of rotatable bonds is 13. The van der Waals surface area contributed by atoms with Crippen molar-refractivity contribution in [3.05, 3.63) is 43.5 Å². The summed E-state index contributed by atoms with van der Waals surface area (Å²) < 4.78 is 43.3. The molecule has 1 heterocycles. The van der Waals surface area contributed by atoms with Gasteiger partial charge in [0, 0.05) is 25.0 Å². The normalized spacial score (nSPS) is 11.9. The van der Waals surface area contributed by atoms with E-state index in [1.54, 1.807) is 0 Å². The SMILES string of the molecule is C=CC(=O)OCCC[N+](C)(C)/C=C\[N+](C)(C)CCCOC(=O)C=C.Cc1nnc(S(=O)(=O)F)[n-]1. The first kappa shape index (κ1) is 31.1. The summed E-state index contributed by atoms with van der Waals surface area (Å²) >= 11 is 0. The number of quaternary nitrogens is 2. The van der Waals surface area contributed by atoms with Gasteiger partial charge in [-0.25, -0.2) is 9.59 Å². The molecule has 0 unspecified atom stereocenters. The molecule has 13 heteroatoms.